The van der Waals surface area contributed by atoms with Gasteiger partial charge in [-0.3, -0.25) is 4.99 Å². The molecule has 0 unspecified atom stereocenters. The summed E-state index contributed by atoms with van der Waals surface area (Å²) in [6, 6.07) is 7.84. The van der Waals surface area contributed by atoms with Crippen molar-refractivity contribution in [1.82, 2.24) is 5.32 Å². The Morgan fingerprint density at radius 1 is 1.36 bits per heavy atom. The fourth-order valence-electron chi connectivity index (χ4n) is 1.04. The zero-order valence-electron chi connectivity index (χ0n) is 8.66. The Labute approximate surface area is 84.8 Å². The minimum absolute atomic E-state index is 0.808. The predicted octanol–water partition coefficient (Wildman–Crippen LogP) is 1.33. The summed E-state index contributed by atoms with van der Waals surface area (Å²) in [5.41, 5.74) is 1.10. The van der Waals surface area contributed by atoms with Gasteiger partial charge in [-0.15, -0.1) is 0 Å². The number of hydrogen-bond acceptors (Lipinski definition) is 3. The van der Waals surface area contributed by atoms with Gasteiger partial charge >= 0.3 is 0 Å². The minimum atomic E-state index is 0.808. The second kappa shape index (κ2) is 6.16. The van der Waals surface area contributed by atoms with E-state index in [1.54, 1.807) is 7.11 Å². The van der Waals surface area contributed by atoms with Crippen LogP contribution in [-0.2, 0) is 0 Å². The molecule has 1 aromatic rings. The number of aliphatic imine (C=N–C) groups is 1. The third-order valence-electron chi connectivity index (χ3n) is 1.85. The van der Waals surface area contributed by atoms with E-state index in [2.05, 4.69) is 10.3 Å². The van der Waals surface area contributed by atoms with Crippen LogP contribution in [0.15, 0.2) is 29.3 Å². The molecule has 1 rings (SSSR count). The van der Waals surface area contributed by atoms with Crippen LogP contribution in [0.2, 0.25) is 0 Å². The Kier molecular flexibility index (Phi) is 4.72. The molecule has 0 heterocycles. The largest absolute Gasteiger partial charge is 0.497 e. The summed E-state index contributed by atoms with van der Waals surface area (Å²) in [4.78, 5) is 4.26. The summed E-state index contributed by atoms with van der Waals surface area (Å²) >= 11 is 0. The lowest BCUT2D eigenvalue weighted by atomic mass is 10.2. The Hall–Kier alpha value is -1.35. The van der Waals surface area contributed by atoms with E-state index >= 15 is 0 Å². The molecule has 3 nitrogen and oxygen atoms in total. The van der Waals surface area contributed by atoms with Crippen molar-refractivity contribution >= 4 is 6.21 Å². The third kappa shape index (κ3) is 3.58. The lowest BCUT2D eigenvalue weighted by Crippen LogP contribution is -2.10. The van der Waals surface area contributed by atoms with Crippen LogP contribution in [0, 0.1) is 0 Å². The fourth-order valence-corrected chi connectivity index (χ4v) is 1.04. The third-order valence-corrected chi connectivity index (χ3v) is 1.85. The summed E-state index contributed by atoms with van der Waals surface area (Å²) in [7, 11) is 3.58. The van der Waals surface area contributed by atoms with E-state index in [0.717, 1.165) is 24.4 Å². The van der Waals surface area contributed by atoms with Gasteiger partial charge in [0.05, 0.1) is 13.7 Å². The number of benzene rings is 1. The van der Waals surface area contributed by atoms with Crippen molar-refractivity contribution in [3.8, 4) is 5.75 Å². The molecule has 0 atom stereocenters. The van der Waals surface area contributed by atoms with Crippen LogP contribution >= 0.6 is 0 Å². The molecule has 76 valence electrons. The monoisotopic (exact) mass is 192 g/mol. The quantitative estimate of drug-likeness (QED) is 0.564. The summed E-state index contributed by atoms with van der Waals surface area (Å²) < 4.78 is 5.06. The van der Waals surface area contributed by atoms with Crippen molar-refractivity contribution in [1.29, 1.82) is 0 Å². The number of nitrogens with zero attached hydrogens (tertiary/aromatic N) is 1. The first kappa shape index (κ1) is 10.7. The van der Waals surface area contributed by atoms with E-state index in [9.17, 15) is 0 Å². The summed E-state index contributed by atoms with van der Waals surface area (Å²) in [6.07, 6.45) is 1.87. The van der Waals surface area contributed by atoms with E-state index in [0.29, 0.717) is 0 Å². The maximum absolute atomic E-state index is 5.06. The van der Waals surface area contributed by atoms with Gasteiger partial charge in [-0.1, -0.05) is 0 Å². The van der Waals surface area contributed by atoms with E-state index in [-0.39, 0.29) is 0 Å². The van der Waals surface area contributed by atoms with Crippen molar-refractivity contribution < 1.29 is 4.74 Å². The van der Waals surface area contributed by atoms with Gasteiger partial charge < -0.3 is 10.1 Å². The summed E-state index contributed by atoms with van der Waals surface area (Å²) in [6.45, 7) is 1.72. The van der Waals surface area contributed by atoms with Crippen LogP contribution in [0.5, 0.6) is 5.75 Å². The molecule has 0 aliphatic carbocycles. The maximum atomic E-state index is 5.06. The zero-order chi connectivity index (χ0) is 10.2. The number of likely N-dealkylation sites (N-methyl/N-ethyl adjacent to an activating group) is 1. The molecule has 0 saturated heterocycles. The molecule has 1 aromatic carbocycles. The second-order valence-corrected chi connectivity index (χ2v) is 2.91. The molecule has 3 heteroatoms. The van der Waals surface area contributed by atoms with Gasteiger partial charge in [-0.05, 0) is 36.9 Å². The average molecular weight is 192 g/mol. The molecule has 0 aliphatic rings. The average Bonchev–Trinajstić information content (AvgIpc) is 2.25. The van der Waals surface area contributed by atoms with Crippen molar-refractivity contribution in [2.24, 2.45) is 4.99 Å². The Bertz CT molecular complexity index is 280. The molecule has 0 fully saturated rings. The molecule has 0 bridgehead atoms. The van der Waals surface area contributed by atoms with Gasteiger partial charge in [0.1, 0.15) is 5.75 Å². The topological polar surface area (TPSA) is 33.6 Å². The molecular formula is C11H16N2O. The molecule has 0 amide bonds. The minimum Gasteiger partial charge on any atom is -0.497 e. The van der Waals surface area contributed by atoms with Gasteiger partial charge in [-0.25, -0.2) is 0 Å². The molecule has 1 N–H and O–H groups in total. The van der Waals surface area contributed by atoms with Gasteiger partial charge in [-0.2, -0.15) is 0 Å². The molecule has 14 heavy (non-hydrogen) atoms. The predicted molar refractivity (Wildman–Crippen MR) is 59.4 cm³/mol. The summed E-state index contributed by atoms with van der Waals surface area (Å²) in [5.74, 6) is 0.873. The van der Waals surface area contributed by atoms with E-state index in [1.165, 1.54) is 0 Å². The lowest BCUT2D eigenvalue weighted by Gasteiger charge is -1.98. The van der Waals surface area contributed by atoms with Crippen LogP contribution in [-0.4, -0.2) is 33.5 Å². The SMILES string of the molecule is CNCC/N=C/c1ccc(OC)cc1. The lowest BCUT2D eigenvalue weighted by molar-refractivity contribution is 0.415. The standard InChI is InChI=1S/C11H16N2O/c1-12-7-8-13-9-10-3-5-11(14-2)6-4-10/h3-6,9,12H,7-8H2,1-2H3/b13-9+. The van der Waals surface area contributed by atoms with Gasteiger partial charge in [0.15, 0.2) is 0 Å². The molecule has 0 saturated carbocycles. The van der Waals surface area contributed by atoms with E-state index in [1.807, 2.05) is 37.5 Å². The first-order chi connectivity index (χ1) is 6.86. The normalized spacial score (nSPS) is 10.7. The number of ether oxygens (including phenoxy) is 1. The van der Waals surface area contributed by atoms with Crippen LogP contribution < -0.4 is 10.1 Å². The van der Waals surface area contributed by atoms with Crippen molar-refractivity contribution in [3.63, 3.8) is 0 Å². The van der Waals surface area contributed by atoms with Crippen molar-refractivity contribution in [2.45, 2.75) is 0 Å². The summed E-state index contributed by atoms with van der Waals surface area (Å²) in [5, 5.41) is 3.04. The van der Waals surface area contributed by atoms with Gasteiger partial charge in [0.2, 0.25) is 0 Å². The number of nitrogens with one attached hydrogen (secondary N) is 1. The fraction of sp³-hybridized carbons (Fsp3) is 0.364. The van der Waals surface area contributed by atoms with Crippen LogP contribution in [0.25, 0.3) is 0 Å². The molecule has 0 spiro atoms. The highest BCUT2D eigenvalue weighted by Gasteiger charge is 1.89. The highest BCUT2D eigenvalue weighted by Crippen LogP contribution is 2.09. The highest BCUT2D eigenvalue weighted by molar-refractivity contribution is 5.79. The number of hydrogen-bond donors (Lipinski definition) is 1. The zero-order valence-corrected chi connectivity index (χ0v) is 8.66. The first-order valence-corrected chi connectivity index (χ1v) is 4.65. The maximum Gasteiger partial charge on any atom is 0.118 e. The second-order valence-electron chi connectivity index (χ2n) is 2.91. The highest BCUT2D eigenvalue weighted by atomic mass is 16.5. The Balaban J connectivity index is 2.47. The van der Waals surface area contributed by atoms with Crippen LogP contribution in [0.1, 0.15) is 5.56 Å². The molecule has 0 radical (unpaired) electrons. The smallest absolute Gasteiger partial charge is 0.118 e. The van der Waals surface area contributed by atoms with Gasteiger partial charge in [0, 0.05) is 12.8 Å². The van der Waals surface area contributed by atoms with Crippen molar-refractivity contribution in [2.75, 3.05) is 27.2 Å². The Morgan fingerprint density at radius 3 is 2.64 bits per heavy atom. The van der Waals surface area contributed by atoms with Crippen molar-refractivity contribution in [3.05, 3.63) is 29.8 Å². The van der Waals surface area contributed by atoms with Crippen LogP contribution in [0.4, 0.5) is 0 Å². The number of methoxy groups -OCH3 is 1. The first-order valence-electron chi connectivity index (χ1n) is 4.65. The molecule has 0 aliphatic heterocycles. The van der Waals surface area contributed by atoms with Crippen LogP contribution in [0.3, 0.4) is 0 Å². The van der Waals surface area contributed by atoms with Gasteiger partial charge in [0.25, 0.3) is 0 Å². The number of rotatable bonds is 5. The van der Waals surface area contributed by atoms with E-state index in [4.69, 9.17) is 4.74 Å². The molecular weight excluding hydrogens is 176 g/mol. The Morgan fingerprint density at radius 2 is 2.07 bits per heavy atom. The molecule has 0 aromatic heterocycles. The van der Waals surface area contributed by atoms with E-state index < -0.39 is 0 Å².